The molecular weight excluding hydrogens is 176 g/mol. The Morgan fingerprint density at radius 1 is 1.36 bits per heavy atom. The van der Waals surface area contributed by atoms with Gasteiger partial charge in [0.15, 0.2) is 0 Å². The maximum Gasteiger partial charge on any atom is 0.239 e. The Kier molecular flexibility index (Phi) is 3.06. The molecule has 1 amide bonds. The van der Waals surface area contributed by atoms with Crippen LogP contribution in [0.15, 0.2) is 0 Å². The molecular formula is C11H20N2O. The first-order valence-electron chi connectivity index (χ1n) is 5.79. The van der Waals surface area contributed by atoms with Gasteiger partial charge in [-0.15, -0.1) is 0 Å². The van der Waals surface area contributed by atoms with Gasteiger partial charge in [-0.1, -0.05) is 6.92 Å². The maximum absolute atomic E-state index is 12.0. The first-order chi connectivity index (χ1) is 6.77. The van der Waals surface area contributed by atoms with Crippen LogP contribution in [0.1, 0.15) is 32.6 Å². The minimum absolute atomic E-state index is 0.125. The van der Waals surface area contributed by atoms with E-state index in [1.807, 2.05) is 0 Å². The van der Waals surface area contributed by atoms with Crippen LogP contribution in [0, 0.1) is 5.92 Å². The molecule has 0 aromatic carbocycles. The molecule has 14 heavy (non-hydrogen) atoms. The normalized spacial score (nSPS) is 33.4. The van der Waals surface area contributed by atoms with Gasteiger partial charge in [-0.2, -0.15) is 0 Å². The molecule has 2 atom stereocenters. The van der Waals surface area contributed by atoms with Gasteiger partial charge in [0, 0.05) is 13.1 Å². The predicted octanol–water partition coefficient (Wildman–Crippen LogP) is 0.997. The highest BCUT2D eigenvalue weighted by molar-refractivity contribution is 5.82. The molecule has 2 fully saturated rings. The van der Waals surface area contributed by atoms with Gasteiger partial charge in [0.1, 0.15) is 0 Å². The smallest absolute Gasteiger partial charge is 0.239 e. The molecule has 2 saturated heterocycles. The number of likely N-dealkylation sites (tertiary alicyclic amines) is 1. The summed E-state index contributed by atoms with van der Waals surface area (Å²) >= 11 is 0. The first kappa shape index (κ1) is 9.97. The number of nitrogens with zero attached hydrogens (tertiary/aromatic N) is 1. The molecule has 2 heterocycles. The summed E-state index contributed by atoms with van der Waals surface area (Å²) in [5, 5.41) is 3.28. The van der Waals surface area contributed by atoms with E-state index in [1.165, 1.54) is 12.8 Å². The lowest BCUT2D eigenvalue weighted by atomic mass is 9.99. The van der Waals surface area contributed by atoms with E-state index in [4.69, 9.17) is 0 Å². The second-order valence-electron chi connectivity index (χ2n) is 4.68. The van der Waals surface area contributed by atoms with Crippen molar-refractivity contribution in [2.45, 2.75) is 38.6 Å². The molecule has 0 spiro atoms. The number of rotatable bonds is 1. The lowest BCUT2D eigenvalue weighted by molar-refractivity contribution is -0.134. The second kappa shape index (κ2) is 4.30. The van der Waals surface area contributed by atoms with Crippen molar-refractivity contribution in [3.63, 3.8) is 0 Å². The van der Waals surface area contributed by atoms with Gasteiger partial charge in [0.05, 0.1) is 6.04 Å². The fourth-order valence-corrected chi connectivity index (χ4v) is 2.51. The molecule has 0 aliphatic carbocycles. The summed E-state index contributed by atoms with van der Waals surface area (Å²) in [6.45, 7) is 5.19. The molecule has 2 rings (SSSR count). The molecule has 0 bridgehead atoms. The number of nitrogens with one attached hydrogen (secondary N) is 1. The third-order valence-electron chi connectivity index (χ3n) is 3.33. The van der Waals surface area contributed by atoms with E-state index in [1.54, 1.807) is 0 Å². The molecule has 3 heteroatoms. The lowest BCUT2D eigenvalue weighted by Crippen LogP contribution is -2.47. The second-order valence-corrected chi connectivity index (χ2v) is 4.68. The van der Waals surface area contributed by atoms with Gasteiger partial charge < -0.3 is 10.2 Å². The summed E-state index contributed by atoms with van der Waals surface area (Å²) < 4.78 is 0. The molecule has 2 aliphatic rings. The third-order valence-corrected chi connectivity index (χ3v) is 3.33. The average Bonchev–Trinajstić information content (AvgIpc) is 2.69. The van der Waals surface area contributed by atoms with E-state index >= 15 is 0 Å². The van der Waals surface area contributed by atoms with Gasteiger partial charge in [-0.25, -0.2) is 0 Å². The summed E-state index contributed by atoms with van der Waals surface area (Å²) in [4.78, 5) is 14.1. The molecule has 0 radical (unpaired) electrons. The number of hydrogen-bond donors (Lipinski definition) is 1. The Balaban J connectivity index is 1.89. The number of amides is 1. The molecule has 3 nitrogen and oxygen atoms in total. The van der Waals surface area contributed by atoms with E-state index in [9.17, 15) is 4.79 Å². The van der Waals surface area contributed by atoms with Gasteiger partial charge >= 0.3 is 0 Å². The zero-order valence-electron chi connectivity index (χ0n) is 8.96. The number of carbonyl (C=O) groups excluding carboxylic acids is 1. The van der Waals surface area contributed by atoms with Crippen LogP contribution in [0.2, 0.25) is 0 Å². The number of piperidine rings is 1. The molecule has 80 valence electrons. The van der Waals surface area contributed by atoms with E-state index < -0.39 is 0 Å². The number of hydrogen-bond acceptors (Lipinski definition) is 2. The summed E-state index contributed by atoms with van der Waals surface area (Å²) in [6, 6.07) is 0.125. The highest BCUT2D eigenvalue weighted by atomic mass is 16.2. The highest BCUT2D eigenvalue weighted by Gasteiger charge is 2.28. The average molecular weight is 196 g/mol. The standard InChI is InChI=1S/C11H20N2O/c1-9-4-3-7-13(8-9)11(14)10-5-2-6-12-10/h9-10,12H,2-8H2,1H3/t9?,10-/m0/s1. The van der Waals surface area contributed by atoms with Crippen LogP contribution in [-0.2, 0) is 4.79 Å². The largest absolute Gasteiger partial charge is 0.341 e. The fraction of sp³-hybridized carbons (Fsp3) is 0.909. The summed E-state index contributed by atoms with van der Waals surface area (Å²) in [7, 11) is 0. The van der Waals surface area contributed by atoms with Gasteiger partial charge in [-0.3, -0.25) is 4.79 Å². The van der Waals surface area contributed by atoms with E-state index in [2.05, 4.69) is 17.1 Å². The number of carbonyl (C=O) groups is 1. The Labute approximate surface area is 85.8 Å². The van der Waals surface area contributed by atoms with E-state index in [0.717, 1.165) is 32.5 Å². The molecule has 0 saturated carbocycles. The minimum Gasteiger partial charge on any atom is -0.341 e. The molecule has 1 unspecified atom stereocenters. The maximum atomic E-state index is 12.0. The van der Waals surface area contributed by atoms with Crippen molar-refractivity contribution in [3.8, 4) is 0 Å². The quantitative estimate of drug-likeness (QED) is 0.678. The predicted molar refractivity (Wildman–Crippen MR) is 56.0 cm³/mol. The third kappa shape index (κ3) is 2.08. The Bertz CT molecular complexity index is 211. The molecule has 0 aromatic rings. The Morgan fingerprint density at radius 2 is 2.21 bits per heavy atom. The van der Waals surface area contributed by atoms with Gasteiger partial charge in [0.25, 0.3) is 0 Å². The summed E-state index contributed by atoms with van der Waals surface area (Å²) in [5.74, 6) is 1.03. The fourth-order valence-electron chi connectivity index (χ4n) is 2.51. The van der Waals surface area contributed by atoms with Gasteiger partial charge in [0.2, 0.25) is 5.91 Å². The lowest BCUT2D eigenvalue weighted by Gasteiger charge is -2.32. The Morgan fingerprint density at radius 3 is 2.86 bits per heavy atom. The van der Waals surface area contributed by atoms with E-state index in [0.29, 0.717) is 11.8 Å². The van der Waals surface area contributed by atoms with Crippen molar-refractivity contribution in [1.82, 2.24) is 10.2 Å². The van der Waals surface area contributed by atoms with Crippen LogP contribution < -0.4 is 5.32 Å². The van der Waals surface area contributed by atoms with Crippen LogP contribution in [-0.4, -0.2) is 36.5 Å². The van der Waals surface area contributed by atoms with Crippen LogP contribution in [0.4, 0.5) is 0 Å². The topological polar surface area (TPSA) is 32.3 Å². The molecule has 1 N–H and O–H groups in total. The van der Waals surface area contributed by atoms with Crippen molar-refractivity contribution >= 4 is 5.91 Å². The van der Waals surface area contributed by atoms with Crippen molar-refractivity contribution in [3.05, 3.63) is 0 Å². The van der Waals surface area contributed by atoms with E-state index in [-0.39, 0.29) is 6.04 Å². The SMILES string of the molecule is CC1CCCN(C(=O)[C@@H]2CCCN2)C1. The van der Waals surface area contributed by atoms with Gasteiger partial charge in [-0.05, 0) is 38.1 Å². The van der Waals surface area contributed by atoms with Crippen LogP contribution >= 0.6 is 0 Å². The monoisotopic (exact) mass is 196 g/mol. The molecule has 2 aliphatic heterocycles. The van der Waals surface area contributed by atoms with Crippen LogP contribution in [0.5, 0.6) is 0 Å². The zero-order chi connectivity index (χ0) is 9.97. The summed E-state index contributed by atoms with van der Waals surface area (Å²) in [6.07, 6.45) is 4.64. The minimum atomic E-state index is 0.125. The van der Waals surface area contributed by atoms with Crippen molar-refractivity contribution < 1.29 is 4.79 Å². The highest BCUT2D eigenvalue weighted by Crippen LogP contribution is 2.18. The summed E-state index contributed by atoms with van der Waals surface area (Å²) in [5.41, 5.74) is 0. The zero-order valence-corrected chi connectivity index (χ0v) is 8.96. The Hall–Kier alpha value is -0.570. The molecule has 0 aromatic heterocycles. The van der Waals surface area contributed by atoms with Crippen molar-refractivity contribution in [1.29, 1.82) is 0 Å². The van der Waals surface area contributed by atoms with Crippen molar-refractivity contribution in [2.75, 3.05) is 19.6 Å². The van der Waals surface area contributed by atoms with Crippen molar-refractivity contribution in [2.24, 2.45) is 5.92 Å². The van der Waals surface area contributed by atoms with Crippen LogP contribution in [0.3, 0.4) is 0 Å². The first-order valence-corrected chi connectivity index (χ1v) is 5.79. The van der Waals surface area contributed by atoms with Crippen LogP contribution in [0.25, 0.3) is 0 Å².